The predicted molar refractivity (Wildman–Crippen MR) is 94.2 cm³/mol. The van der Waals surface area contributed by atoms with Gasteiger partial charge in [-0.05, 0) is 52.4 Å². The summed E-state index contributed by atoms with van der Waals surface area (Å²) in [6.45, 7) is 7.85. The van der Waals surface area contributed by atoms with Crippen molar-refractivity contribution in [3.8, 4) is 0 Å². The van der Waals surface area contributed by atoms with Gasteiger partial charge in [0.05, 0.1) is 0 Å². The predicted octanol–water partition coefficient (Wildman–Crippen LogP) is 3.17. The highest BCUT2D eigenvalue weighted by atomic mass is 16.6. The minimum atomic E-state index is -0.366. The molecule has 1 aromatic heterocycles. The summed E-state index contributed by atoms with van der Waals surface area (Å²) in [6.07, 6.45) is 3.05. The molecule has 25 heavy (non-hydrogen) atoms. The summed E-state index contributed by atoms with van der Waals surface area (Å²) in [5, 5.41) is 12.9. The molecule has 0 radical (unpaired) electrons. The third-order valence-electron chi connectivity index (χ3n) is 4.87. The average Bonchev–Trinajstić information content (AvgIpc) is 2.86. The molecule has 2 amide bonds. The van der Waals surface area contributed by atoms with Crippen molar-refractivity contribution in [1.82, 2.24) is 15.5 Å². The van der Waals surface area contributed by atoms with E-state index in [4.69, 9.17) is 4.74 Å². The number of H-pyrrole nitrogens is 1. The Morgan fingerprint density at radius 2 is 2.00 bits per heavy atom. The second-order valence-corrected chi connectivity index (χ2v) is 8.43. The first-order valence-electron chi connectivity index (χ1n) is 9.06. The number of nitrogens with one attached hydrogen (secondary N) is 3. The summed E-state index contributed by atoms with van der Waals surface area (Å²) in [5.41, 5.74) is 0.687. The van der Waals surface area contributed by atoms with E-state index in [1.54, 1.807) is 0 Å². The second-order valence-electron chi connectivity index (χ2n) is 8.43. The lowest BCUT2D eigenvalue weighted by molar-refractivity contribution is -0.117. The number of nitrogens with zero attached hydrogens (tertiary/aromatic N) is 1. The van der Waals surface area contributed by atoms with Gasteiger partial charge in [-0.2, -0.15) is 5.10 Å². The van der Waals surface area contributed by atoms with Crippen molar-refractivity contribution in [1.29, 1.82) is 0 Å². The molecule has 0 spiro atoms. The SMILES string of the molecule is C[C@@H]1C[C@H]1C(=O)Nc1cc([C@H]2CC[C@@H](OC(=O)NC(C)(C)C)C2)[nH]n1. The van der Waals surface area contributed by atoms with Gasteiger partial charge >= 0.3 is 6.09 Å². The molecule has 4 atom stereocenters. The van der Waals surface area contributed by atoms with Crippen LogP contribution in [0.25, 0.3) is 0 Å². The van der Waals surface area contributed by atoms with Gasteiger partial charge in [-0.3, -0.25) is 9.89 Å². The Labute approximate surface area is 148 Å². The minimum Gasteiger partial charge on any atom is -0.446 e. The number of carbonyl (C=O) groups is 2. The Morgan fingerprint density at radius 3 is 2.64 bits per heavy atom. The van der Waals surface area contributed by atoms with E-state index >= 15 is 0 Å². The van der Waals surface area contributed by atoms with Crippen molar-refractivity contribution in [2.24, 2.45) is 11.8 Å². The fraction of sp³-hybridized carbons (Fsp3) is 0.722. The fourth-order valence-corrected chi connectivity index (χ4v) is 3.33. The Bertz CT molecular complexity index is 649. The molecule has 0 saturated heterocycles. The van der Waals surface area contributed by atoms with Crippen LogP contribution in [-0.4, -0.2) is 33.8 Å². The van der Waals surface area contributed by atoms with Crippen molar-refractivity contribution in [2.45, 2.75) is 70.9 Å². The summed E-state index contributed by atoms with van der Waals surface area (Å²) >= 11 is 0. The van der Waals surface area contributed by atoms with E-state index in [1.807, 2.05) is 26.8 Å². The highest BCUT2D eigenvalue weighted by Crippen LogP contribution is 2.39. The van der Waals surface area contributed by atoms with Crippen LogP contribution in [-0.2, 0) is 9.53 Å². The van der Waals surface area contributed by atoms with E-state index in [0.717, 1.165) is 31.4 Å². The van der Waals surface area contributed by atoms with Gasteiger partial charge in [0.15, 0.2) is 5.82 Å². The van der Waals surface area contributed by atoms with Crippen molar-refractivity contribution in [3.05, 3.63) is 11.8 Å². The fourth-order valence-electron chi connectivity index (χ4n) is 3.33. The number of carbonyl (C=O) groups excluding carboxylic acids is 2. The van der Waals surface area contributed by atoms with Gasteiger partial charge in [-0.15, -0.1) is 0 Å². The first-order chi connectivity index (χ1) is 11.7. The normalized spacial score (nSPS) is 28.5. The lowest BCUT2D eigenvalue weighted by Crippen LogP contribution is -2.42. The molecule has 0 aliphatic heterocycles. The molecule has 3 rings (SSSR count). The molecule has 3 N–H and O–H groups in total. The Hall–Kier alpha value is -2.05. The maximum atomic E-state index is 12.0. The van der Waals surface area contributed by atoms with E-state index in [-0.39, 0.29) is 35.5 Å². The van der Waals surface area contributed by atoms with Gasteiger partial charge in [0.2, 0.25) is 5.91 Å². The largest absolute Gasteiger partial charge is 0.446 e. The van der Waals surface area contributed by atoms with Crippen LogP contribution in [0.5, 0.6) is 0 Å². The highest BCUT2D eigenvalue weighted by molar-refractivity contribution is 5.93. The minimum absolute atomic E-state index is 0.0528. The first kappa shape index (κ1) is 17.8. The van der Waals surface area contributed by atoms with E-state index in [0.29, 0.717) is 11.7 Å². The molecule has 1 aromatic rings. The smallest absolute Gasteiger partial charge is 0.407 e. The third kappa shape index (κ3) is 4.74. The van der Waals surface area contributed by atoms with Gasteiger partial charge in [0.25, 0.3) is 0 Å². The molecular formula is C18H28N4O3. The number of alkyl carbamates (subject to hydrolysis) is 1. The summed E-state index contributed by atoms with van der Waals surface area (Å²) in [7, 11) is 0. The van der Waals surface area contributed by atoms with Crippen LogP contribution in [0, 0.1) is 11.8 Å². The van der Waals surface area contributed by atoms with Gasteiger partial charge in [0.1, 0.15) is 6.10 Å². The number of anilines is 1. The summed E-state index contributed by atoms with van der Waals surface area (Å²) in [5.74, 6) is 1.51. The van der Waals surface area contributed by atoms with Crippen LogP contribution in [0.2, 0.25) is 0 Å². The zero-order chi connectivity index (χ0) is 18.2. The quantitative estimate of drug-likeness (QED) is 0.779. The van der Waals surface area contributed by atoms with Crippen molar-refractivity contribution in [3.63, 3.8) is 0 Å². The zero-order valence-electron chi connectivity index (χ0n) is 15.4. The second kappa shape index (κ2) is 6.69. The molecule has 2 fully saturated rings. The molecule has 2 aliphatic rings. The molecule has 0 unspecified atom stereocenters. The summed E-state index contributed by atoms with van der Waals surface area (Å²) in [4.78, 5) is 23.9. The molecule has 7 nitrogen and oxygen atoms in total. The third-order valence-corrected chi connectivity index (χ3v) is 4.87. The van der Waals surface area contributed by atoms with Crippen molar-refractivity contribution < 1.29 is 14.3 Å². The van der Waals surface area contributed by atoms with E-state index in [2.05, 4.69) is 27.8 Å². The molecule has 0 bridgehead atoms. The van der Waals surface area contributed by atoms with Crippen LogP contribution in [0.15, 0.2) is 6.07 Å². The van der Waals surface area contributed by atoms with Crippen molar-refractivity contribution >= 4 is 17.8 Å². The molecule has 1 heterocycles. The van der Waals surface area contributed by atoms with E-state index in [9.17, 15) is 9.59 Å². The van der Waals surface area contributed by atoms with Crippen molar-refractivity contribution in [2.75, 3.05) is 5.32 Å². The molecule has 2 saturated carbocycles. The number of amides is 2. The van der Waals surface area contributed by atoms with E-state index < -0.39 is 0 Å². The monoisotopic (exact) mass is 348 g/mol. The number of rotatable bonds is 4. The van der Waals surface area contributed by atoms with Crippen LogP contribution in [0.3, 0.4) is 0 Å². The molecule has 7 heteroatoms. The van der Waals surface area contributed by atoms with Crippen LogP contribution in [0.4, 0.5) is 10.6 Å². The van der Waals surface area contributed by atoms with Crippen LogP contribution < -0.4 is 10.6 Å². The standard InChI is InChI=1S/C18H28N4O3/c1-10-7-13(10)16(23)19-15-9-14(21-22-15)11-5-6-12(8-11)25-17(24)20-18(2,3)4/h9-13H,5-8H2,1-4H3,(H,20,24)(H2,19,21,22,23)/t10-,11+,12-,13-/m1/s1. The van der Waals surface area contributed by atoms with Crippen LogP contribution >= 0.6 is 0 Å². The number of hydrogen-bond acceptors (Lipinski definition) is 4. The molecule has 0 aromatic carbocycles. The van der Waals surface area contributed by atoms with E-state index in [1.165, 1.54) is 0 Å². The zero-order valence-corrected chi connectivity index (χ0v) is 15.4. The number of ether oxygens (including phenoxy) is 1. The van der Waals surface area contributed by atoms with Gasteiger partial charge in [0, 0.05) is 29.1 Å². The maximum Gasteiger partial charge on any atom is 0.407 e. The number of hydrogen-bond donors (Lipinski definition) is 3. The number of aromatic amines is 1. The topological polar surface area (TPSA) is 96.1 Å². The Morgan fingerprint density at radius 1 is 1.28 bits per heavy atom. The first-order valence-corrected chi connectivity index (χ1v) is 9.06. The van der Waals surface area contributed by atoms with Gasteiger partial charge in [-0.25, -0.2) is 4.79 Å². The Balaban J connectivity index is 1.49. The van der Waals surface area contributed by atoms with Gasteiger partial charge < -0.3 is 15.4 Å². The van der Waals surface area contributed by atoms with Gasteiger partial charge in [-0.1, -0.05) is 6.92 Å². The lowest BCUT2D eigenvalue weighted by atomic mass is 10.0. The summed E-state index contributed by atoms with van der Waals surface area (Å²) < 4.78 is 5.51. The highest BCUT2D eigenvalue weighted by Gasteiger charge is 2.39. The maximum absolute atomic E-state index is 12.0. The molecule has 2 aliphatic carbocycles. The average molecular weight is 348 g/mol. The molecule has 138 valence electrons. The van der Waals surface area contributed by atoms with Crippen LogP contribution in [0.1, 0.15) is 65.0 Å². The Kier molecular flexibility index (Phi) is 4.75. The number of aromatic nitrogens is 2. The molecular weight excluding hydrogens is 320 g/mol. The lowest BCUT2D eigenvalue weighted by Gasteiger charge is -2.22. The summed E-state index contributed by atoms with van der Waals surface area (Å²) in [6, 6.07) is 1.90.